The van der Waals surface area contributed by atoms with Crippen LogP contribution in [0.15, 0.2) is 29.2 Å². The summed E-state index contributed by atoms with van der Waals surface area (Å²) in [4.78, 5) is 12.6. The zero-order chi connectivity index (χ0) is 18.4. The number of hydrogen-bond donors (Lipinski definition) is 1. The Morgan fingerprint density at radius 2 is 1.80 bits per heavy atom. The Labute approximate surface area is 151 Å². The number of sulfonamides is 1. The maximum atomic E-state index is 12.8. The van der Waals surface area contributed by atoms with E-state index in [9.17, 15) is 13.2 Å². The minimum absolute atomic E-state index is 0.0669. The molecule has 0 aliphatic carbocycles. The largest absolute Gasteiger partial charge is 0.350 e. The van der Waals surface area contributed by atoms with Gasteiger partial charge in [-0.05, 0) is 56.7 Å². The van der Waals surface area contributed by atoms with Gasteiger partial charge in [0, 0.05) is 24.7 Å². The van der Waals surface area contributed by atoms with Crippen LogP contribution >= 0.6 is 0 Å². The van der Waals surface area contributed by atoms with E-state index in [0.717, 1.165) is 32.1 Å². The van der Waals surface area contributed by atoms with Crippen molar-refractivity contribution in [2.45, 2.75) is 63.8 Å². The number of carbonyl (C=O) groups is 1. The van der Waals surface area contributed by atoms with Crippen molar-refractivity contribution in [2.75, 3.05) is 13.1 Å². The van der Waals surface area contributed by atoms with Crippen LogP contribution in [0.1, 0.15) is 63.2 Å². The molecule has 0 radical (unpaired) electrons. The molecule has 1 saturated heterocycles. The van der Waals surface area contributed by atoms with Crippen LogP contribution in [0.5, 0.6) is 0 Å². The fourth-order valence-electron chi connectivity index (χ4n) is 3.01. The lowest BCUT2D eigenvalue weighted by molar-refractivity contribution is 0.0937. The normalized spacial score (nSPS) is 17.4. The summed E-state index contributed by atoms with van der Waals surface area (Å²) in [5.74, 6) is 0.379. The maximum Gasteiger partial charge on any atom is 0.251 e. The number of benzene rings is 1. The number of hydrogen-bond acceptors (Lipinski definition) is 3. The molecule has 6 heteroatoms. The molecule has 1 aliphatic rings. The van der Waals surface area contributed by atoms with Gasteiger partial charge in [0.05, 0.1) is 4.90 Å². The van der Waals surface area contributed by atoms with Gasteiger partial charge in [-0.25, -0.2) is 8.42 Å². The zero-order valence-electron chi connectivity index (χ0n) is 15.5. The molecular formula is C19H30N2O3S. The Morgan fingerprint density at radius 3 is 2.44 bits per heavy atom. The van der Waals surface area contributed by atoms with Gasteiger partial charge in [-0.1, -0.05) is 26.3 Å². The first-order chi connectivity index (χ1) is 11.8. The molecule has 0 aromatic heterocycles. The standard InChI is InChI=1S/C19H30N2O3S/c1-15(2)10-11-16(3)20-19(22)17-8-7-9-18(14-17)25(23,24)21-12-5-4-6-13-21/h7-9,14-16H,4-6,10-13H2,1-3H3,(H,20,22). The van der Waals surface area contributed by atoms with E-state index < -0.39 is 10.0 Å². The quantitative estimate of drug-likeness (QED) is 0.804. The molecule has 0 saturated carbocycles. The highest BCUT2D eigenvalue weighted by atomic mass is 32.2. The SMILES string of the molecule is CC(C)CCC(C)NC(=O)c1cccc(S(=O)(=O)N2CCCCC2)c1. The lowest BCUT2D eigenvalue weighted by Crippen LogP contribution is -2.36. The number of amides is 1. The summed E-state index contributed by atoms with van der Waals surface area (Å²) in [6, 6.07) is 6.44. The molecule has 1 aromatic carbocycles. The molecular weight excluding hydrogens is 336 g/mol. The number of nitrogens with one attached hydrogen (secondary N) is 1. The Balaban J connectivity index is 2.08. The first-order valence-corrected chi connectivity index (χ1v) is 10.7. The van der Waals surface area contributed by atoms with Gasteiger partial charge in [0.15, 0.2) is 0 Å². The van der Waals surface area contributed by atoms with Crippen molar-refractivity contribution < 1.29 is 13.2 Å². The van der Waals surface area contributed by atoms with E-state index in [4.69, 9.17) is 0 Å². The van der Waals surface area contributed by atoms with Crippen molar-refractivity contribution in [1.29, 1.82) is 0 Å². The summed E-state index contributed by atoms with van der Waals surface area (Å²) in [7, 11) is -3.51. The van der Waals surface area contributed by atoms with Crippen LogP contribution in [0.4, 0.5) is 0 Å². The molecule has 1 N–H and O–H groups in total. The summed E-state index contributed by atoms with van der Waals surface area (Å²) in [5.41, 5.74) is 0.398. The molecule has 1 aliphatic heterocycles. The Kier molecular flexibility index (Phi) is 7.02. The number of nitrogens with zero attached hydrogens (tertiary/aromatic N) is 1. The number of carbonyl (C=O) groups excluding carboxylic acids is 1. The van der Waals surface area contributed by atoms with E-state index >= 15 is 0 Å². The van der Waals surface area contributed by atoms with Crippen LogP contribution in [0, 0.1) is 5.92 Å². The van der Waals surface area contributed by atoms with Gasteiger partial charge in [-0.15, -0.1) is 0 Å². The summed E-state index contributed by atoms with van der Waals surface area (Å²) in [6.45, 7) is 7.41. The predicted octanol–water partition coefficient (Wildman–Crippen LogP) is 3.42. The van der Waals surface area contributed by atoms with Crippen LogP contribution in [0.25, 0.3) is 0 Å². The molecule has 5 nitrogen and oxygen atoms in total. The smallest absolute Gasteiger partial charge is 0.251 e. The highest BCUT2D eigenvalue weighted by Crippen LogP contribution is 2.21. The highest BCUT2D eigenvalue weighted by molar-refractivity contribution is 7.89. The molecule has 1 aromatic rings. The summed E-state index contributed by atoms with van der Waals surface area (Å²) < 4.78 is 27.0. The van der Waals surface area contributed by atoms with E-state index in [2.05, 4.69) is 19.2 Å². The second-order valence-corrected chi connectivity index (χ2v) is 9.28. The Hall–Kier alpha value is -1.40. The molecule has 2 rings (SSSR count). The van der Waals surface area contributed by atoms with Crippen molar-refractivity contribution in [2.24, 2.45) is 5.92 Å². The minimum atomic E-state index is -3.51. The highest BCUT2D eigenvalue weighted by Gasteiger charge is 2.26. The summed E-state index contributed by atoms with van der Waals surface area (Å²) >= 11 is 0. The Bertz CT molecular complexity index is 680. The summed E-state index contributed by atoms with van der Waals surface area (Å²) in [6.07, 6.45) is 4.82. The molecule has 25 heavy (non-hydrogen) atoms. The first kappa shape index (κ1) is 19.9. The fourth-order valence-corrected chi connectivity index (χ4v) is 4.58. The van der Waals surface area contributed by atoms with E-state index in [-0.39, 0.29) is 16.8 Å². The lowest BCUT2D eigenvalue weighted by atomic mass is 10.0. The van der Waals surface area contributed by atoms with Crippen LogP contribution in [-0.4, -0.2) is 37.8 Å². The molecule has 0 spiro atoms. The predicted molar refractivity (Wildman–Crippen MR) is 100 cm³/mol. The van der Waals surface area contributed by atoms with Gasteiger partial charge in [-0.3, -0.25) is 4.79 Å². The monoisotopic (exact) mass is 366 g/mol. The fraction of sp³-hybridized carbons (Fsp3) is 0.632. The third kappa shape index (κ3) is 5.54. The molecule has 1 heterocycles. The van der Waals surface area contributed by atoms with E-state index in [1.165, 1.54) is 10.4 Å². The minimum Gasteiger partial charge on any atom is -0.350 e. The second-order valence-electron chi connectivity index (χ2n) is 7.34. The third-order valence-electron chi connectivity index (χ3n) is 4.60. The topological polar surface area (TPSA) is 66.5 Å². The van der Waals surface area contributed by atoms with Crippen LogP contribution in [-0.2, 0) is 10.0 Å². The van der Waals surface area contributed by atoms with E-state index in [1.807, 2.05) is 6.92 Å². The van der Waals surface area contributed by atoms with Crippen LogP contribution in [0.2, 0.25) is 0 Å². The average Bonchev–Trinajstić information content (AvgIpc) is 2.61. The molecule has 0 bridgehead atoms. The summed E-state index contributed by atoms with van der Waals surface area (Å²) in [5, 5.41) is 2.96. The average molecular weight is 367 g/mol. The van der Waals surface area contributed by atoms with Gasteiger partial charge in [0.1, 0.15) is 0 Å². The number of rotatable bonds is 7. The van der Waals surface area contributed by atoms with Crippen molar-refractivity contribution >= 4 is 15.9 Å². The van der Waals surface area contributed by atoms with Crippen LogP contribution < -0.4 is 5.32 Å². The van der Waals surface area contributed by atoms with Gasteiger partial charge in [0.25, 0.3) is 5.91 Å². The van der Waals surface area contributed by atoms with Crippen molar-refractivity contribution in [3.05, 3.63) is 29.8 Å². The molecule has 1 atom stereocenters. The molecule has 1 amide bonds. The molecule has 140 valence electrons. The van der Waals surface area contributed by atoms with Crippen LogP contribution in [0.3, 0.4) is 0 Å². The van der Waals surface area contributed by atoms with Crippen molar-refractivity contribution in [3.63, 3.8) is 0 Å². The third-order valence-corrected chi connectivity index (χ3v) is 6.50. The molecule has 1 unspecified atom stereocenters. The zero-order valence-corrected chi connectivity index (χ0v) is 16.3. The van der Waals surface area contributed by atoms with Gasteiger partial charge in [0.2, 0.25) is 10.0 Å². The van der Waals surface area contributed by atoms with Gasteiger partial charge >= 0.3 is 0 Å². The lowest BCUT2D eigenvalue weighted by Gasteiger charge is -2.26. The first-order valence-electron chi connectivity index (χ1n) is 9.22. The van der Waals surface area contributed by atoms with Gasteiger partial charge in [-0.2, -0.15) is 4.31 Å². The maximum absolute atomic E-state index is 12.8. The van der Waals surface area contributed by atoms with E-state index in [1.54, 1.807) is 18.2 Å². The number of piperidine rings is 1. The van der Waals surface area contributed by atoms with Gasteiger partial charge < -0.3 is 5.32 Å². The molecule has 1 fully saturated rings. The second kappa shape index (κ2) is 8.81. The van der Waals surface area contributed by atoms with Crippen molar-refractivity contribution in [3.8, 4) is 0 Å². The van der Waals surface area contributed by atoms with E-state index in [0.29, 0.717) is 24.6 Å². The van der Waals surface area contributed by atoms with Crippen molar-refractivity contribution in [1.82, 2.24) is 9.62 Å². The Morgan fingerprint density at radius 1 is 1.12 bits per heavy atom.